The van der Waals surface area contributed by atoms with Gasteiger partial charge in [0.05, 0.1) is 55.3 Å². The van der Waals surface area contributed by atoms with Gasteiger partial charge in [0.1, 0.15) is 12.1 Å². The molecule has 0 spiro atoms. The Morgan fingerprint density at radius 2 is 1.42 bits per heavy atom. The minimum absolute atomic E-state index is 0. The second kappa shape index (κ2) is 8.99. The number of likely N-dealkylation sites (N-methyl/N-ethyl adjacent to an activating group) is 1. The fraction of sp³-hybridized carbons (Fsp3) is 0.923. The monoisotopic (exact) mass is 500 g/mol. The molecule has 0 fully saturated rings. The van der Waals surface area contributed by atoms with Crippen molar-refractivity contribution in [3.63, 3.8) is 0 Å². The normalized spacial score (nSPS) is 12.2. The first kappa shape index (κ1) is 24.8. The first-order valence-corrected chi connectivity index (χ1v) is 6.13. The van der Waals surface area contributed by atoms with Crippen molar-refractivity contribution in [1.82, 2.24) is 0 Å². The Hall–Kier alpha value is 0.850. The van der Waals surface area contributed by atoms with Gasteiger partial charge in [-0.05, 0) is 13.8 Å². The van der Waals surface area contributed by atoms with E-state index in [2.05, 4.69) is 56.1 Å². The molecule has 0 aromatic heterocycles. The van der Waals surface area contributed by atoms with Crippen LogP contribution in [0.3, 0.4) is 0 Å². The van der Waals surface area contributed by atoms with Gasteiger partial charge in [-0.25, -0.2) is 0 Å². The van der Waals surface area contributed by atoms with Crippen molar-refractivity contribution >= 4 is 5.97 Å². The van der Waals surface area contributed by atoms with Gasteiger partial charge in [-0.2, -0.15) is 0 Å². The van der Waals surface area contributed by atoms with E-state index in [-0.39, 0.29) is 59.5 Å². The van der Waals surface area contributed by atoms with Crippen LogP contribution in [-0.4, -0.2) is 75.9 Å². The quantitative estimate of drug-likeness (QED) is 0.208. The van der Waals surface area contributed by atoms with E-state index in [0.29, 0.717) is 13.0 Å². The average molecular weight is 500 g/mol. The SMILES string of the molecule is CC(C)(COC(=O)CC[N+](C)(C)C)[N+](C)(C)C.[I-].[I-]. The average Bonchev–Trinajstić information content (AvgIpc) is 2.08. The number of carbonyl (C=O) groups excluding carboxylic acids is 1. The van der Waals surface area contributed by atoms with Crippen LogP contribution in [0, 0.1) is 0 Å². The summed E-state index contributed by atoms with van der Waals surface area (Å²) in [4.78, 5) is 11.6. The molecule has 0 rings (SSSR count). The summed E-state index contributed by atoms with van der Waals surface area (Å²) in [5.41, 5.74) is -0.0632. The molecule has 0 aromatic carbocycles. The number of hydrogen-bond donors (Lipinski definition) is 0. The lowest BCUT2D eigenvalue weighted by molar-refractivity contribution is -0.919. The van der Waals surface area contributed by atoms with Crippen molar-refractivity contribution in [2.45, 2.75) is 25.8 Å². The van der Waals surface area contributed by atoms with Gasteiger partial charge >= 0.3 is 5.97 Å². The molecule has 0 aliphatic carbocycles. The predicted octanol–water partition coefficient (Wildman–Crippen LogP) is -4.88. The lowest BCUT2D eigenvalue weighted by Crippen LogP contribution is -3.00. The molecule has 0 aromatic rings. The maximum absolute atomic E-state index is 11.6. The van der Waals surface area contributed by atoms with Gasteiger partial charge in [-0.1, -0.05) is 0 Å². The molecule has 0 heterocycles. The molecule has 0 aliphatic heterocycles. The number of nitrogens with zero attached hydrogens (tertiary/aromatic N) is 2. The number of ether oxygens (including phenoxy) is 1. The van der Waals surface area contributed by atoms with Crippen LogP contribution in [-0.2, 0) is 9.53 Å². The van der Waals surface area contributed by atoms with E-state index in [0.717, 1.165) is 15.5 Å². The topological polar surface area (TPSA) is 26.3 Å². The zero-order valence-electron chi connectivity index (χ0n) is 13.6. The zero-order valence-corrected chi connectivity index (χ0v) is 17.9. The van der Waals surface area contributed by atoms with Crippen LogP contribution in [0.4, 0.5) is 0 Å². The Kier molecular flexibility index (Phi) is 11.8. The molecule has 19 heavy (non-hydrogen) atoms. The van der Waals surface area contributed by atoms with Crippen LogP contribution < -0.4 is 48.0 Å². The zero-order chi connectivity index (χ0) is 13.9. The number of carbonyl (C=O) groups is 1. The van der Waals surface area contributed by atoms with E-state index in [9.17, 15) is 4.79 Å². The maximum atomic E-state index is 11.6. The third-order valence-electron chi connectivity index (χ3n) is 3.39. The van der Waals surface area contributed by atoms with Crippen molar-refractivity contribution in [1.29, 1.82) is 0 Å². The standard InChI is InChI=1S/C13H30N2O2.2HI/c1-13(2,15(6,7)8)11-17-12(16)9-10-14(3,4)5;;/h9-11H2,1-8H3;2*1H/q+2;;/p-2. The minimum atomic E-state index is -0.0976. The van der Waals surface area contributed by atoms with Gasteiger partial charge in [0.25, 0.3) is 0 Å². The smallest absolute Gasteiger partial charge is 0.311 e. The molecule has 0 bridgehead atoms. The highest BCUT2D eigenvalue weighted by Gasteiger charge is 2.34. The Balaban J connectivity index is -0.00000128. The fourth-order valence-corrected chi connectivity index (χ4v) is 0.950. The van der Waals surface area contributed by atoms with Crippen LogP contribution in [0.15, 0.2) is 0 Å². The summed E-state index contributed by atoms with van der Waals surface area (Å²) in [6, 6.07) is 0. The van der Waals surface area contributed by atoms with Gasteiger partial charge in [0.15, 0.2) is 0 Å². The molecule has 0 unspecified atom stereocenters. The summed E-state index contributed by atoms with van der Waals surface area (Å²) in [7, 11) is 12.6. The highest BCUT2D eigenvalue weighted by atomic mass is 127. The third kappa shape index (κ3) is 11.2. The second-order valence-corrected chi connectivity index (χ2v) is 7.25. The van der Waals surface area contributed by atoms with Crippen LogP contribution in [0.25, 0.3) is 0 Å². The van der Waals surface area contributed by atoms with E-state index >= 15 is 0 Å². The van der Waals surface area contributed by atoms with Crippen molar-refractivity contribution in [2.24, 2.45) is 0 Å². The number of hydrogen-bond acceptors (Lipinski definition) is 2. The molecule has 0 saturated heterocycles. The summed E-state index contributed by atoms with van der Waals surface area (Å²) < 4.78 is 6.92. The van der Waals surface area contributed by atoms with Crippen molar-refractivity contribution in [3.05, 3.63) is 0 Å². The van der Waals surface area contributed by atoms with Crippen LogP contribution in [0.2, 0.25) is 0 Å². The molecular weight excluding hydrogens is 470 g/mol. The van der Waals surface area contributed by atoms with E-state index < -0.39 is 0 Å². The first-order chi connectivity index (χ1) is 7.35. The molecule has 0 atom stereocenters. The summed E-state index contributed by atoms with van der Waals surface area (Å²) in [6.07, 6.45) is 0.483. The van der Waals surface area contributed by atoms with E-state index in [1.54, 1.807) is 0 Å². The molecule has 4 nitrogen and oxygen atoms in total. The number of rotatable bonds is 6. The van der Waals surface area contributed by atoms with Crippen molar-refractivity contribution in [3.8, 4) is 0 Å². The Morgan fingerprint density at radius 3 is 1.74 bits per heavy atom. The van der Waals surface area contributed by atoms with Crippen LogP contribution in [0.1, 0.15) is 20.3 Å². The van der Waals surface area contributed by atoms with Gasteiger partial charge < -0.3 is 61.7 Å². The second-order valence-electron chi connectivity index (χ2n) is 7.25. The highest BCUT2D eigenvalue weighted by Crippen LogP contribution is 2.17. The minimum Gasteiger partial charge on any atom is -1.00 e. The molecule has 0 saturated carbocycles. The summed E-state index contributed by atoms with van der Waals surface area (Å²) in [5, 5.41) is 0. The van der Waals surface area contributed by atoms with Crippen LogP contribution >= 0.6 is 0 Å². The Labute approximate surface area is 153 Å². The van der Waals surface area contributed by atoms with Gasteiger partial charge in [0, 0.05) is 0 Å². The van der Waals surface area contributed by atoms with E-state index in [1.165, 1.54) is 0 Å². The molecule has 0 N–H and O–H groups in total. The lowest BCUT2D eigenvalue weighted by Gasteiger charge is -2.40. The van der Waals surface area contributed by atoms with Crippen molar-refractivity contribution < 1.29 is 66.5 Å². The van der Waals surface area contributed by atoms with Gasteiger partial charge in [0.2, 0.25) is 0 Å². The molecule has 0 amide bonds. The summed E-state index contributed by atoms with van der Waals surface area (Å²) in [6.45, 7) is 5.50. The predicted molar refractivity (Wildman–Crippen MR) is 70.6 cm³/mol. The number of esters is 1. The third-order valence-corrected chi connectivity index (χ3v) is 3.39. The molecule has 6 heteroatoms. The highest BCUT2D eigenvalue weighted by molar-refractivity contribution is 5.69. The Bertz CT molecular complexity index is 269. The molecule has 0 radical (unpaired) electrons. The maximum Gasteiger partial charge on any atom is 0.311 e. The number of quaternary nitrogens is 2. The van der Waals surface area contributed by atoms with Crippen LogP contribution in [0.5, 0.6) is 0 Å². The van der Waals surface area contributed by atoms with Crippen molar-refractivity contribution in [2.75, 3.05) is 55.4 Å². The van der Waals surface area contributed by atoms with E-state index in [4.69, 9.17) is 4.74 Å². The Morgan fingerprint density at radius 1 is 1.00 bits per heavy atom. The van der Waals surface area contributed by atoms with Gasteiger partial charge in [-0.3, -0.25) is 4.79 Å². The number of halogens is 2. The summed E-state index contributed by atoms with van der Waals surface area (Å²) in [5.74, 6) is -0.0976. The summed E-state index contributed by atoms with van der Waals surface area (Å²) >= 11 is 0. The molecule has 118 valence electrons. The fourth-order valence-electron chi connectivity index (χ4n) is 0.950. The molecule has 0 aliphatic rings. The largest absolute Gasteiger partial charge is 1.00 e. The van der Waals surface area contributed by atoms with E-state index in [1.807, 2.05) is 0 Å². The molecular formula is C13H30I2N2O2. The first-order valence-electron chi connectivity index (χ1n) is 6.13. The van der Waals surface area contributed by atoms with Gasteiger partial charge in [-0.15, -0.1) is 0 Å². The lowest BCUT2D eigenvalue weighted by atomic mass is 10.0.